The first-order chi connectivity index (χ1) is 7.11. The molecule has 1 aromatic heterocycles. The third-order valence-electron chi connectivity index (χ3n) is 2.13. The van der Waals surface area contributed by atoms with Crippen LogP contribution < -0.4 is 5.73 Å². The quantitative estimate of drug-likeness (QED) is 0.774. The minimum atomic E-state index is 0.548. The molecule has 1 heterocycles. The third-order valence-corrected chi connectivity index (χ3v) is 3.05. The Morgan fingerprint density at radius 1 is 1.33 bits per heavy atom. The molecule has 0 fully saturated rings. The molecule has 0 amide bonds. The van der Waals surface area contributed by atoms with Gasteiger partial charge in [-0.3, -0.25) is 4.90 Å². The first kappa shape index (κ1) is 12.6. The summed E-state index contributed by atoms with van der Waals surface area (Å²) in [4.78, 5) is 8.89. The maximum Gasteiger partial charge on any atom is 0.106 e. The van der Waals surface area contributed by atoms with Crippen LogP contribution in [0.1, 0.15) is 10.7 Å². The Morgan fingerprint density at radius 2 is 2.07 bits per heavy atom. The summed E-state index contributed by atoms with van der Waals surface area (Å²) in [5, 5.41) is 3.11. The third kappa shape index (κ3) is 4.70. The number of thiazole rings is 1. The summed E-state index contributed by atoms with van der Waals surface area (Å²) in [7, 11) is 6.29. The van der Waals surface area contributed by atoms with Gasteiger partial charge < -0.3 is 10.6 Å². The molecule has 0 atom stereocenters. The van der Waals surface area contributed by atoms with E-state index in [1.165, 1.54) is 0 Å². The molecule has 86 valence electrons. The minimum Gasteiger partial charge on any atom is -0.325 e. The fraction of sp³-hybridized carbons (Fsp3) is 0.700. The summed E-state index contributed by atoms with van der Waals surface area (Å²) in [6.07, 6.45) is 0. The van der Waals surface area contributed by atoms with Crippen LogP contribution in [0.4, 0.5) is 0 Å². The van der Waals surface area contributed by atoms with E-state index in [9.17, 15) is 0 Å². The van der Waals surface area contributed by atoms with Gasteiger partial charge in [-0.1, -0.05) is 0 Å². The number of nitrogens with two attached hydrogens (primary N) is 1. The number of likely N-dealkylation sites (N-methyl/N-ethyl adjacent to an activating group) is 2. The standard InChI is InChI=1S/C10H20N4S/c1-13(2)4-5-14(3)7-9-8-15-10(6-11)12-9/h8H,4-7,11H2,1-3H3. The zero-order valence-corrected chi connectivity index (χ0v) is 10.5. The lowest BCUT2D eigenvalue weighted by Gasteiger charge is -2.18. The van der Waals surface area contributed by atoms with Crippen molar-refractivity contribution >= 4 is 11.3 Å². The Labute approximate surface area is 95.7 Å². The highest BCUT2D eigenvalue weighted by molar-refractivity contribution is 7.09. The average molecular weight is 228 g/mol. The molecule has 0 aliphatic rings. The predicted molar refractivity (Wildman–Crippen MR) is 64.9 cm³/mol. The van der Waals surface area contributed by atoms with Crippen LogP contribution in [-0.2, 0) is 13.1 Å². The Kier molecular flexibility index (Phi) is 5.17. The van der Waals surface area contributed by atoms with Crippen molar-refractivity contribution in [3.05, 3.63) is 16.1 Å². The number of rotatable bonds is 6. The lowest BCUT2D eigenvalue weighted by Crippen LogP contribution is -2.28. The van der Waals surface area contributed by atoms with E-state index in [4.69, 9.17) is 5.73 Å². The summed E-state index contributed by atoms with van der Waals surface area (Å²) in [5.74, 6) is 0. The zero-order chi connectivity index (χ0) is 11.3. The molecule has 15 heavy (non-hydrogen) atoms. The molecule has 0 aliphatic heterocycles. The molecule has 4 nitrogen and oxygen atoms in total. The van der Waals surface area contributed by atoms with E-state index in [-0.39, 0.29) is 0 Å². The van der Waals surface area contributed by atoms with Crippen LogP contribution in [0.15, 0.2) is 5.38 Å². The van der Waals surface area contributed by atoms with Crippen molar-refractivity contribution < 1.29 is 0 Å². The maximum atomic E-state index is 5.52. The predicted octanol–water partition coefficient (Wildman–Crippen LogP) is 0.595. The van der Waals surface area contributed by atoms with Crippen LogP contribution in [-0.4, -0.2) is 49.0 Å². The largest absolute Gasteiger partial charge is 0.325 e. The first-order valence-electron chi connectivity index (χ1n) is 5.08. The molecular weight excluding hydrogens is 208 g/mol. The van der Waals surface area contributed by atoms with Crippen molar-refractivity contribution in [3.63, 3.8) is 0 Å². The second-order valence-electron chi connectivity index (χ2n) is 3.98. The van der Waals surface area contributed by atoms with E-state index in [0.29, 0.717) is 6.54 Å². The van der Waals surface area contributed by atoms with E-state index < -0.39 is 0 Å². The molecule has 0 aliphatic carbocycles. The normalized spacial score (nSPS) is 11.6. The van der Waals surface area contributed by atoms with Gasteiger partial charge >= 0.3 is 0 Å². The number of nitrogens with zero attached hydrogens (tertiary/aromatic N) is 3. The highest BCUT2D eigenvalue weighted by atomic mass is 32.1. The summed E-state index contributed by atoms with van der Waals surface area (Å²) < 4.78 is 0. The Balaban J connectivity index is 2.33. The van der Waals surface area contributed by atoms with Gasteiger partial charge in [-0.2, -0.15) is 0 Å². The summed E-state index contributed by atoms with van der Waals surface area (Å²) in [5.41, 5.74) is 6.65. The molecule has 0 aromatic carbocycles. The molecule has 0 radical (unpaired) electrons. The van der Waals surface area contributed by atoms with Crippen molar-refractivity contribution in [1.82, 2.24) is 14.8 Å². The first-order valence-corrected chi connectivity index (χ1v) is 5.96. The van der Waals surface area contributed by atoms with Crippen LogP contribution in [0.25, 0.3) is 0 Å². The van der Waals surface area contributed by atoms with E-state index >= 15 is 0 Å². The van der Waals surface area contributed by atoms with Gasteiger partial charge in [0, 0.05) is 31.6 Å². The lowest BCUT2D eigenvalue weighted by molar-refractivity contribution is 0.274. The van der Waals surface area contributed by atoms with Gasteiger partial charge in [0.25, 0.3) is 0 Å². The fourth-order valence-corrected chi connectivity index (χ4v) is 1.91. The van der Waals surface area contributed by atoms with E-state index in [1.807, 2.05) is 0 Å². The molecule has 5 heteroatoms. The van der Waals surface area contributed by atoms with Gasteiger partial charge in [-0.15, -0.1) is 11.3 Å². The number of hydrogen-bond donors (Lipinski definition) is 1. The summed E-state index contributed by atoms with van der Waals surface area (Å²) in [6.45, 7) is 3.59. The van der Waals surface area contributed by atoms with Gasteiger partial charge in [0.15, 0.2) is 0 Å². The molecule has 0 bridgehead atoms. The molecule has 0 saturated carbocycles. The second-order valence-corrected chi connectivity index (χ2v) is 4.92. The van der Waals surface area contributed by atoms with Crippen LogP contribution in [0.2, 0.25) is 0 Å². The molecule has 0 saturated heterocycles. The van der Waals surface area contributed by atoms with Gasteiger partial charge in [-0.25, -0.2) is 4.98 Å². The van der Waals surface area contributed by atoms with Crippen molar-refractivity contribution in [2.75, 3.05) is 34.2 Å². The van der Waals surface area contributed by atoms with Crippen molar-refractivity contribution in [2.24, 2.45) is 5.73 Å². The molecule has 1 aromatic rings. The van der Waals surface area contributed by atoms with Gasteiger partial charge in [0.2, 0.25) is 0 Å². The molecule has 0 unspecified atom stereocenters. The fourth-order valence-electron chi connectivity index (χ4n) is 1.24. The van der Waals surface area contributed by atoms with Gasteiger partial charge in [0.1, 0.15) is 5.01 Å². The van der Waals surface area contributed by atoms with Crippen LogP contribution in [0.3, 0.4) is 0 Å². The number of hydrogen-bond acceptors (Lipinski definition) is 5. The van der Waals surface area contributed by atoms with Crippen molar-refractivity contribution in [2.45, 2.75) is 13.1 Å². The average Bonchev–Trinajstić information content (AvgIpc) is 2.62. The monoisotopic (exact) mass is 228 g/mol. The Bertz CT molecular complexity index is 285. The molecule has 2 N–H and O–H groups in total. The molecule has 0 spiro atoms. The maximum absolute atomic E-state index is 5.52. The van der Waals surface area contributed by atoms with E-state index in [0.717, 1.165) is 30.3 Å². The van der Waals surface area contributed by atoms with Crippen molar-refractivity contribution in [3.8, 4) is 0 Å². The number of aromatic nitrogens is 1. The highest BCUT2D eigenvalue weighted by Crippen LogP contribution is 2.10. The summed E-state index contributed by atoms with van der Waals surface area (Å²) in [6, 6.07) is 0. The molecule has 1 rings (SSSR count). The van der Waals surface area contributed by atoms with Crippen LogP contribution >= 0.6 is 11.3 Å². The molecular formula is C10H20N4S. The minimum absolute atomic E-state index is 0.548. The topological polar surface area (TPSA) is 45.4 Å². The summed E-state index contributed by atoms with van der Waals surface area (Å²) >= 11 is 1.64. The Morgan fingerprint density at radius 3 is 2.60 bits per heavy atom. The Hall–Kier alpha value is -0.490. The zero-order valence-electron chi connectivity index (χ0n) is 9.73. The smallest absolute Gasteiger partial charge is 0.106 e. The van der Waals surface area contributed by atoms with E-state index in [2.05, 4.69) is 41.3 Å². The van der Waals surface area contributed by atoms with Gasteiger partial charge in [0.05, 0.1) is 5.69 Å². The van der Waals surface area contributed by atoms with Crippen molar-refractivity contribution in [1.29, 1.82) is 0 Å². The highest BCUT2D eigenvalue weighted by Gasteiger charge is 2.04. The van der Waals surface area contributed by atoms with Crippen LogP contribution in [0.5, 0.6) is 0 Å². The van der Waals surface area contributed by atoms with E-state index in [1.54, 1.807) is 11.3 Å². The lowest BCUT2D eigenvalue weighted by atomic mass is 10.4. The second kappa shape index (κ2) is 6.17. The van der Waals surface area contributed by atoms with Crippen LogP contribution in [0, 0.1) is 0 Å². The SMILES string of the molecule is CN(C)CCN(C)Cc1csc(CN)n1. The van der Waals surface area contributed by atoms with Gasteiger partial charge in [-0.05, 0) is 21.1 Å².